The van der Waals surface area contributed by atoms with Gasteiger partial charge in [0.1, 0.15) is 0 Å². The smallest absolute Gasteiger partial charge is 0.257 e. The van der Waals surface area contributed by atoms with E-state index >= 15 is 0 Å². The third-order valence-electron chi connectivity index (χ3n) is 2.68. The standard InChI is InChI=1S/C14H13ClN2O2/c1-9(18)10-4-2-3-5-13(10)17-14(19)11-6-7-16-8-12(11)15/h2-9,18H,1H3,(H,17,19). The van der Waals surface area contributed by atoms with E-state index in [0.29, 0.717) is 16.8 Å². The highest BCUT2D eigenvalue weighted by molar-refractivity contribution is 6.34. The molecular formula is C14H13ClN2O2. The lowest BCUT2D eigenvalue weighted by molar-refractivity contribution is 0.102. The summed E-state index contributed by atoms with van der Waals surface area (Å²) in [7, 11) is 0. The van der Waals surface area contributed by atoms with E-state index < -0.39 is 6.10 Å². The number of halogens is 1. The number of para-hydroxylation sites is 1. The molecule has 1 atom stereocenters. The molecule has 5 heteroatoms. The molecule has 1 amide bonds. The van der Waals surface area contributed by atoms with Gasteiger partial charge in [-0.1, -0.05) is 29.8 Å². The maximum atomic E-state index is 12.1. The van der Waals surface area contributed by atoms with E-state index in [0.717, 1.165) is 0 Å². The zero-order valence-corrected chi connectivity index (χ0v) is 11.1. The van der Waals surface area contributed by atoms with Gasteiger partial charge in [-0.3, -0.25) is 9.78 Å². The van der Waals surface area contributed by atoms with Gasteiger partial charge >= 0.3 is 0 Å². The summed E-state index contributed by atoms with van der Waals surface area (Å²) in [5, 5.41) is 12.7. The number of benzene rings is 1. The summed E-state index contributed by atoms with van der Waals surface area (Å²) in [5.74, 6) is -0.333. The Balaban J connectivity index is 2.27. The molecule has 98 valence electrons. The van der Waals surface area contributed by atoms with Crippen LogP contribution in [0.25, 0.3) is 0 Å². The zero-order valence-electron chi connectivity index (χ0n) is 10.3. The Morgan fingerprint density at radius 1 is 1.37 bits per heavy atom. The first-order chi connectivity index (χ1) is 9.09. The highest BCUT2D eigenvalue weighted by Crippen LogP contribution is 2.23. The summed E-state index contributed by atoms with van der Waals surface area (Å²) in [6.45, 7) is 1.64. The van der Waals surface area contributed by atoms with Crippen LogP contribution in [0.15, 0.2) is 42.7 Å². The molecule has 2 aromatic rings. The number of aliphatic hydroxyl groups excluding tert-OH is 1. The number of anilines is 1. The van der Waals surface area contributed by atoms with Crippen LogP contribution < -0.4 is 5.32 Å². The average Bonchev–Trinajstić information content (AvgIpc) is 2.39. The summed E-state index contributed by atoms with van der Waals surface area (Å²) in [6, 6.07) is 8.62. The normalized spacial score (nSPS) is 11.9. The van der Waals surface area contributed by atoms with E-state index in [1.54, 1.807) is 37.3 Å². The van der Waals surface area contributed by atoms with Crippen LogP contribution in [0.4, 0.5) is 5.69 Å². The van der Waals surface area contributed by atoms with Gasteiger partial charge in [-0.25, -0.2) is 0 Å². The molecule has 0 saturated heterocycles. The van der Waals surface area contributed by atoms with E-state index in [1.807, 2.05) is 0 Å². The van der Waals surface area contributed by atoms with Crippen LogP contribution >= 0.6 is 11.6 Å². The van der Waals surface area contributed by atoms with Gasteiger partial charge in [0.25, 0.3) is 5.91 Å². The first-order valence-electron chi connectivity index (χ1n) is 5.77. The summed E-state index contributed by atoms with van der Waals surface area (Å²) in [5.41, 5.74) is 1.56. The molecule has 1 heterocycles. The lowest BCUT2D eigenvalue weighted by atomic mass is 10.1. The number of carbonyl (C=O) groups excluding carboxylic acids is 1. The van der Waals surface area contributed by atoms with Crippen LogP contribution in [0.3, 0.4) is 0 Å². The molecule has 0 saturated carbocycles. The first-order valence-corrected chi connectivity index (χ1v) is 6.15. The van der Waals surface area contributed by atoms with E-state index in [4.69, 9.17) is 11.6 Å². The van der Waals surface area contributed by atoms with Gasteiger partial charge in [-0.2, -0.15) is 0 Å². The molecule has 2 N–H and O–H groups in total. The van der Waals surface area contributed by atoms with Gasteiger partial charge in [0.15, 0.2) is 0 Å². The number of nitrogens with zero attached hydrogens (tertiary/aromatic N) is 1. The molecule has 19 heavy (non-hydrogen) atoms. The average molecular weight is 277 g/mol. The zero-order chi connectivity index (χ0) is 13.8. The van der Waals surface area contributed by atoms with Gasteiger partial charge in [0.05, 0.1) is 16.7 Å². The van der Waals surface area contributed by atoms with Gasteiger partial charge in [0.2, 0.25) is 0 Å². The highest BCUT2D eigenvalue weighted by Gasteiger charge is 2.13. The molecular weight excluding hydrogens is 264 g/mol. The number of pyridine rings is 1. The Morgan fingerprint density at radius 2 is 2.11 bits per heavy atom. The quantitative estimate of drug-likeness (QED) is 0.906. The van der Waals surface area contributed by atoms with Crippen molar-refractivity contribution in [1.82, 2.24) is 4.98 Å². The maximum Gasteiger partial charge on any atom is 0.257 e. The Morgan fingerprint density at radius 3 is 2.79 bits per heavy atom. The van der Waals surface area contributed by atoms with Crippen LogP contribution in [0, 0.1) is 0 Å². The summed E-state index contributed by atoms with van der Waals surface area (Å²) in [4.78, 5) is 15.9. The molecule has 0 radical (unpaired) electrons. The SMILES string of the molecule is CC(O)c1ccccc1NC(=O)c1ccncc1Cl. The fourth-order valence-electron chi connectivity index (χ4n) is 1.72. The van der Waals surface area contributed by atoms with Crippen LogP contribution in [0.1, 0.15) is 28.9 Å². The van der Waals surface area contributed by atoms with Gasteiger partial charge in [0, 0.05) is 23.6 Å². The van der Waals surface area contributed by atoms with E-state index in [2.05, 4.69) is 10.3 Å². The van der Waals surface area contributed by atoms with Crippen molar-refractivity contribution in [3.63, 3.8) is 0 Å². The minimum absolute atomic E-state index is 0.287. The van der Waals surface area contributed by atoms with E-state index in [9.17, 15) is 9.90 Å². The molecule has 0 aliphatic heterocycles. The number of aliphatic hydroxyl groups is 1. The molecule has 0 spiro atoms. The van der Waals surface area contributed by atoms with Crippen molar-refractivity contribution in [1.29, 1.82) is 0 Å². The largest absolute Gasteiger partial charge is 0.389 e. The monoisotopic (exact) mass is 276 g/mol. The Bertz CT molecular complexity index is 600. The third kappa shape index (κ3) is 3.10. The number of carbonyl (C=O) groups is 1. The molecule has 0 fully saturated rings. The molecule has 0 aliphatic rings. The van der Waals surface area contributed by atoms with E-state index in [-0.39, 0.29) is 10.9 Å². The van der Waals surface area contributed by atoms with Crippen LogP contribution in [0.2, 0.25) is 5.02 Å². The minimum Gasteiger partial charge on any atom is -0.389 e. The second-order valence-corrected chi connectivity index (χ2v) is 4.48. The van der Waals surface area contributed by atoms with Gasteiger partial charge < -0.3 is 10.4 Å². The first kappa shape index (κ1) is 13.5. The fourth-order valence-corrected chi connectivity index (χ4v) is 1.93. The van der Waals surface area contributed by atoms with Crippen molar-refractivity contribution >= 4 is 23.2 Å². The number of aromatic nitrogens is 1. The second kappa shape index (κ2) is 5.82. The van der Waals surface area contributed by atoms with Gasteiger partial charge in [-0.05, 0) is 19.1 Å². The molecule has 1 aromatic carbocycles. The molecule has 1 aromatic heterocycles. The number of rotatable bonds is 3. The molecule has 2 rings (SSSR count). The molecule has 4 nitrogen and oxygen atoms in total. The van der Waals surface area contributed by atoms with Crippen molar-refractivity contribution in [2.45, 2.75) is 13.0 Å². The molecule has 0 bridgehead atoms. The summed E-state index contributed by atoms with van der Waals surface area (Å²) in [6.07, 6.45) is 2.25. The molecule has 1 unspecified atom stereocenters. The predicted molar refractivity (Wildman–Crippen MR) is 74.3 cm³/mol. The predicted octanol–water partition coefficient (Wildman–Crippen LogP) is 3.04. The number of amides is 1. The Kier molecular flexibility index (Phi) is 4.14. The summed E-state index contributed by atoms with van der Waals surface area (Å²) < 4.78 is 0. The maximum absolute atomic E-state index is 12.1. The van der Waals surface area contributed by atoms with Crippen molar-refractivity contribution in [2.24, 2.45) is 0 Å². The fraction of sp³-hybridized carbons (Fsp3) is 0.143. The van der Waals surface area contributed by atoms with Crippen LogP contribution in [-0.4, -0.2) is 16.0 Å². The van der Waals surface area contributed by atoms with Crippen molar-refractivity contribution < 1.29 is 9.90 Å². The molecule has 0 aliphatic carbocycles. The van der Waals surface area contributed by atoms with Crippen molar-refractivity contribution in [3.8, 4) is 0 Å². The lowest BCUT2D eigenvalue weighted by Gasteiger charge is -2.13. The second-order valence-electron chi connectivity index (χ2n) is 4.07. The number of hydrogen-bond donors (Lipinski definition) is 2. The number of hydrogen-bond acceptors (Lipinski definition) is 3. The highest BCUT2D eigenvalue weighted by atomic mass is 35.5. The minimum atomic E-state index is -0.663. The van der Waals surface area contributed by atoms with Crippen molar-refractivity contribution in [3.05, 3.63) is 58.9 Å². The van der Waals surface area contributed by atoms with Crippen LogP contribution in [0.5, 0.6) is 0 Å². The number of nitrogens with one attached hydrogen (secondary N) is 1. The Labute approximate surface area is 116 Å². The summed E-state index contributed by atoms with van der Waals surface area (Å²) >= 11 is 5.91. The Hall–Kier alpha value is -1.91. The van der Waals surface area contributed by atoms with Crippen molar-refractivity contribution in [2.75, 3.05) is 5.32 Å². The van der Waals surface area contributed by atoms with Crippen LogP contribution in [-0.2, 0) is 0 Å². The topological polar surface area (TPSA) is 62.2 Å². The van der Waals surface area contributed by atoms with Gasteiger partial charge in [-0.15, -0.1) is 0 Å². The third-order valence-corrected chi connectivity index (χ3v) is 2.98. The van der Waals surface area contributed by atoms with E-state index in [1.165, 1.54) is 12.4 Å². The lowest BCUT2D eigenvalue weighted by Crippen LogP contribution is -2.14.